The summed E-state index contributed by atoms with van der Waals surface area (Å²) in [7, 11) is -2.30. The predicted octanol–water partition coefficient (Wildman–Crippen LogP) is 5.51. The molecule has 1 unspecified atom stereocenters. The number of fused-ring (bicyclic) bond motifs is 1. The topological polar surface area (TPSA) is 72.3 Å². The van der Waals surface area contributed by atoms with Crippen molar-refractivity contribution in [3.05, 3.63) is 99.6 Å². The molecule has 0 saturated heterocycles. The van der Waals surface area contributed by atoms with Gasteiger partial charge in [-0.3, -0.25) is 9.36 Å². The van der Waals surface area contributed by atoms with Crippen molar-refractivity contribution in [2.45, 2.75) is 51.5 Å². The van der Waals surface area contributed by atoms with E-state index in [-0.39, 0.29) is 10.5 Å². The van der Waals surface area contributed by atoms with E-state index in [4.69, 9.17) is 4.98 Å². The highest BCUT2D eigenvalue weighted by molar-refractivity contribution is 7.89. The Kier molecular flexibility index (Phi) is 6.66. The third-order valence-corrected chi connectivity index (χ3v) is 8.48. The quantitative estimate of drug-likeness (QED) is 0.358. The lowest BCUT2D eigenvalue weighted by molar-refractivity contribution is 0.379. The Bertz CT molecular complexity index is 1560. The first kappa shape index (κ1) is 24.8. The van der Waals surface area contributed by atoms with Gasteiger partial charge in [-0.1, -0.05) is 55.8 Å². The number of sulfonamides is 1. The Labute approximate surface area is 206 Å². The molecule has 0 N–H and O–H groups in total. The minimum atomic E-state index is -3.83. The molecule has 0 aliphatic carbocycles. The average molecular weight is 490 g/mol. The van der Waals surface area contributed by atoms with Gasteiger partial charge in [0.25, 0.3) is 5.56 Å². The number of hydrogen-bond acceptors (Lipinski definition) is 4. The van der Waals surface area contributed by atoms with E-state index in [1.165, 1.54) is 11.4 Å². The maximum atomic E-state index is 13.7. The molecule has 0 saturated carbocycles. The van der Waals surface area contributed by atoms with Crippen LogP contribution < -0.4 is 5.56 Å². The highest BCUT2D eigenvalue weighted by atomic mass is 32.2. The molecular weight excluding hydrogens is 458 g/mol. The van der Waals surface area contributed by atoms with E-state index < -0.39 is 16.1 Å². The molecule has 0 radical (unpaired) electrons. The number of rotatable bonds is 6. The van der Waals surface area contributed by atoms with Gasteiger partial charge in [-0.05, 0) is 68.1 Å². The maximum Gasteiger partial charge on any atom is 0.266 e. The zero-order valence-electron chi connectivity index (χ0n) is 21.0. The average Bonchev–Trinajstić information content (AvgIpc) is 2.83. The Morgan fingerprint density at radius 2 is 1.57 bits per heavy atom. The number of benzene rings is 3. The van der Waals surface area contributed by atoms with E-state index in [1.54, 1.807) is 41.8 Å². The fourth-order valence-electron chi connectivity index (χ4n) is 4.28. The van der Waals surface area contributed by atoms with Crippen LogP contribution in [0.5, 0.6) is 0 Å². The zero-order valence-corrected chi connectivity index (χ0v) is 21.8. The van der Waals surface area contributed by atoms with Crippen LogP contribution in [-0.2, 0) is 10.0 Å². The van der Waals surface area contributed by atoms with Crippen LogP contribution in [0.25, 0.3) is 16.6 Å². The Hall–Kier alpha value is -3.29. The van der Waals surface area contributed by atoms with Crippen molar-refractivity contribution in [1.82, 2.24) is 13.9 Å². The van der Waals surface area contributed by atoms with Gasteiger partial charge < -0.3 is 0 Å². The van der Waals surface area contributed by atoms with Gasteiger partial charge in [-0.15, -0.1) is 0 Å². The summed E-state index contributed by atoms with van der Waals surface area (Å²) in [6.07, 6.45) is 0. The Morgan fingerprint density at radius 1 is 0.914 bits per heavy atom. The van der Waals surface area contributed by atoms with E-state index in [0.29, 0.717) is 28.3 Å². The summed E-state index contributed by atoms with van der Waals surface area (Å²) < 4.78 is 29.9. The minimum Gasteiger partial charge on any atom is -0.268 e. The summed E-state index contributed by atoms with van der Waals surface area (Å²) in [6, 6.07) is 19.2. The fraction of sp³-hybridized carbons (Fsp3) is 0.286. The van der Waals surface area contributed by atoms with Gasteiger partial charge in [0.15, 0.2) is 0 Å². The third-order valence-electron chi connectivity index (χ3n) is 6.54. The first-order chi connectivity index (χ1) is 16.5. The number of nitrogens with zero attached hydrogens (tertiary/aromatic N) is 3. The largest absolute Gasteiger partial charge is 0.268 e. The molecule has 0 fully saturated rings. The molecule has 0 spiro atoms. The Morgan fingerprint density at radius 3 is 2.20 bits per heavy atom. The number of aryl methyl sites for hydroxylation is 2. The predicted molar refractivity (Wildman–Crippen MR) is 141 cm³/mol. The van der Waals surface area contributed by atoms with E-state index >= 15 is 0 Å². The smallest absolute Gasteiger partial charge is 0.266 e. The van der Waals surface area contributed by atoms with Crippen LogP contribution in [0.1, 0.15) is 55.2 Å². The fourth-order valence-corrected chi connectivity index (χ4v) is 5.60. The molecule has 1 aromatic heterocycles. The monoisotopic (exact) mass is 489 g/mol. The summed E-state index contributed by atoms with van der Waals surface area (Å²) in [6.45, 7) is 9.82. The summed E-state index contributed by atoms with van der Waals surface area (Å²) >= 11 is 0. The number of hydrogen-bond donors (Lipinski definition) is 0. The molecule has 4 aromatic rings. The van der Waals surface area contributed by atoms with E-state index in [9.17, 15) is 13.2 Å². The van der Waals surface area contributed by atoms with Crippen molar-refractivity contribution >= 4 is 20.9 Å². The van der Waals surface area contributed by atoms with Crippen molar-refractivity contribution in [3.63, 3.8) is 0 Å². The van der Waals surface area contributed by atoms with Crippen LogP contribution in [0.15, 0.2) is 76.4 Å². The molecule has 35 heavy (non-hydrogen) atoms. The molecule has 1 atom stereocenters. The SMILES string of the molecule is Cc1ccc(-n2c(C(C)N(C)S(=O)(=O)c3ccc(C(C)C)cc3)nc3ccccc3c2=O)c(C)c1. The van der Waals surface area contributed by atoms with E-state index in [1.807, 2.05) is 50.2 Å². The van der Waals surface area contributed by atoms with E-state index in [2.05, 4.69) is 13.8 Å². The van der Waals surface area contributed by atoms with Gasteiger partial charge in [0.1, 0.15) is 5.82 Å². The van der Waals surface area contributed by atoms with Crippen molar-refractivity contribution in [2.24, 2.45) is 0 Å². The van der Waals surface area contributed by atoms with Crippen LogP contribution >= 0.6 is 0 Å². The molecule has 0 aliphatic rings. The molecule has 3 aromatic carbocycles. The summed E-state index contributed by atoms with van der Waals surface area (Å²) in [5.41, 5.74) is 4.05. The Balaban J connectivity index is 1.89. The molecule has 0 bridgehead atoms. The second-order valence-electron chi connectivity index (χ2n) is 9.34. The molecule has 1 heterocycles. The number of para-hydroxylation sites is 1. The van der Waals surface area contributed by atoms with Gasteiger partial charge in [0.2, 0.25) is 10.0 Å². The second kappa shape index (κ2) is 9.40. The summed E-state index contributed by atoms with van der Waals surface area (Å²) in [5, 5.41) is 0.484. The summed E-state index contributed by atoms with van der Waals surface area (Å²) in [5.74, 6) is 0.669. The zero-order chi connectivity index (χ0) is 25.5. The van der Waals surface area contributed by atoms with Crippen LogP contribution in [0.3, 0.4) is 0 Å². The highest BCUT2D eigenvalue weighted by Crippen LogP contribution is 2.28. The maximum absolute atomic E-state index is 13.7. The van der Waals surface area contributed by atoms with Crippen LogP contribution in [0.4, 0.5) is 0 Å². The molecule has 6 nitrogen and oxygen atoms in total. The molecule has 4 rings (SSSR count). The van der Waals surface area contributed by atoms with Crippen molar-refractivity contribution in [2.75, 3.05) is 7.05 Å². The van der Waals surface area contributed by atoms with Gasteiger partial charge in [0.05, 0.1) is 27.5 Å². The van der Waals surface area contributed by atoms with Crippen molar-refractivity contribution in [1.29, 1.82) is 0 Å². The molecule has 0 amide bonds. The van der Waals surface area contributed by atoms with Crippen LogP contribution in [0.2, 0.25) is 0 Å². The van der Waals surface area contributed by atoms with Gasteiger partial charge in [0, 0.05) is 7.05 Å². The van der Waals surface area contributed by atoms with E-state index in [0.717, 1.165) is 16.7 Å². The molecule has 7 heteroatoms. The lowest BCUT2D eigenvalue weighted by atomic mass is 10.0. The van der Waals surface area contributed by atoms with Crippen LogP contribution in [-0.4, -0.2) is 29.3 Å². The molecule has 0 aliphatic heterocycles. The summed E-state index contributed by atoms with van der Waals surface area (Å²) in [4.78, 5) is 18.7. The minimum absolute atomic E-state index is 0.206. The van der Waals surface area contributed by atoms with Crippen LogP contribution in [0, 0.1) is 13.8 Å². The second-order valence-corrected chi connectivity index (χ2v) is 11.3. The van der Waals surface area contributed by atoms with Gasteiger partial charge in [-0.25, -0.2) is 13.4 Å². The van der Waals surface area contributed by atoms with Crippen molar-refractivity contribution in [3.8, 4) is 5.69 Å². The molecular formula is C28H31N3O3S. The number of aromatic nitrogens is 2. The standard InChI is InChI=1S/C28H31N3O3S/c1-18(2)22-12-14-23(15-13-22)35(33,34)30(6)21(5)27-29-25-10-8-7-9-24(25)28(32)31(27)26-16-11-19(3)17-20(26)4/h7-18,21H,1-6H3. The lowest BCUT2D eigenvalue weighted by Gasteiger charge is -2.27. The molecule has 182 valence electrons. The van der Waals surface area contributed by atoms with Gasteiger partial charge >= 0.3 is 0 Å². The third kappa shape index (κ3) is 4.54. The first-order valence-electron chi connectivity index (χ1n) is 11.7. The van der Waals surface area contributed by atoms with Gasteiger partial charge in [-0.2, -0.15) is 4.31 Å². The lowest BCUT2D eigenvalue weighted by Crippen LogP contribution is -2.35. The normalized spacial score (nSPS) is 13.0. The first-order valence-corrected chi connectivity index (χ1v) is 13.1. The van der Waals surface area contributed by atoms with Crippen molar-refractivity contribution < 1.29 is 8.42 Å². The highest BCUT2D eigenvalue weighted by Gasteiger charge is 2.30.